The van der Waals surface area contributed by atoms with Gasteiger partial charge in [0.1, 0.15) is 0 Å². The molecule has 100 valence electrons. The highest BCUT2D eigenvalue weighted by atomic mass is 79.9. The molecule has 0 unspecified atom stereocenters. The quantitative estimate of drug-likeness (QED) is 0.625. The van der Waals surface area contributed by atoms with Gasteiger partial charge in [0.15, 0.2) is 0 Å². The maximum atomic E-state index is 12.0. The van der Waals surface area contributed by atoms with E-state index >= 15 is 0 Å². The first-order valence-electron chi connectivity index (χ1n) is 6.18. The molecule has 0 bridgehead atoms. The minimum Gasteiger partial charge on any atom is -0.268 e. The molecule has 1 aromatic heterocycles. The Morgan fingerprint density at radius 2 is 1.58 bits per heavy atom. The molecule has 0 fully saturated rings. The second-order valence-electron chi connectivity index (χ2n) is 4.18. The Labute approximate surface area is 119 Å². The molecular weight excluding hydrogens is 308 g/mol. The zero-order valence-electron chi connectivity index (χ0n) is 10.5. The van der Waals surface area contributed by atoms with Crippen molar-refractivity contribution in [3.8, 4) is 5.69 Å². The van der Waals surface area contributed by atoms with Gasteiger partial charge >= 0.3 is 0 Å². The molecule has 0 aliphatic rings. The molecule has 0 radical (unpaired) electrons. The van der Waals surface area contributed by atoms with Crippen LogP contribution in [0, 0.1) is 0 Å². The van der Waals surface area contributed by atoms with Crippen molar-refractivity contribution in [1.82, 2.24) is 9.36 Å². The van der Waals surface area contributed by atoms with E-state index in [0.29, 0.717) is 12.2 Å². The second kappa shape index (κ2) is 6.52. The molecule has 0 saturated carbocycles. The van der Waals surface area contributed by atoms with Crippen LogP contribution in [0.3, 0.4) is 0 Å². The summed E-state index contributed by atoms with van der Waals surface area (Å²) in [6.45, 7) is 0.537. The van der Waals surface area contributed by atoms with Crippen molar-refractivity contribution >= 4 is 15.9 Å². The molecule has 0 aliphatic heterocycles. The van der Waals surface area contributed by atoms with Gasteiger partial charge in [-0.05, 0) is 25.0 Å². The van der Waals surface area contributed by atoms with Crippen LogP contribution in [-0.4, -0.2) is 14.7 Å². The largest absolute Gasteiger partial charge is 0.270 e. The monoisotopic (exact) mass is 322 g/mol. The van der Waals surface area contributed by atoms with Crippen LogP contribution in [0.5, 0.6) is 0 Å². The Balaban J connectivity index is 2.49. The first-order valence-corrected chi connectivity index (χ1v) is 7.31. The number of para-hydroxylation sites is 1. The molecule has 1 heterocycles. The van der Waals surface area contributed by atoms with Crippen LogP contribution in [0.1, 0.15) is 12.8 Å². The predicted molar refractivity (Wildman–Crippen MR) is 79.3 cm³/mol. The van der Waals surface area contributed by atoms with E-state index in [4.69, 9.17) is 0 Å². The van der Waals surface area contributed by atoms with Crippen LogP contribution in [0.15, 0.2) is 52.1 Å². The third-order valence-electron chi connectivity index (χ3n) is 2.83. The Morgan fingerprint density at radius 1 is 0.895 bits per heavy atom. The fourth-order valence-corrected chi connectivity index (χ4v) is 2.32. The highest BCUT2D eigenvalue weighted by Crippen LogP contribution is 2.04. The minimum atomic E-state index is -0.190. The van der Waals surface area contributed by atoms with Gasteiger partial charge in [0.2, 0.25) is 0 Å². The van der Waals surface area contributed by atoms with Crippen LogP contribution >= 0.6 is 15.9 Å². The molecule has 0 N–H and O–H groups in total. The molecule has 0 amide bonds. The third kappa shape index (κ3) is 3.23. The lowest BCUT2D eigenvalue weighted by atomic mass is 10.3. The number of alkyl halides is 1. The van der Waals surface area contributed by atoms with Crippen LogP contribution in [0.2, 0.25) is 0 Å². The fraction of sp³-hybridized carbons (Fsp3) is 0.286. The van der Waals surface area contributed by atoms with Gasteiger partial charge in [-0.2, -0.15) is 0 Å². The lowest BCUT2D eigenvalue weighted by molar-refractivity contribution is 0.484. The topological polar surface area (TPSA) is 44.0 Å². The number of nitrogens with zero attached hydrogens (tertiary/aromatic N) is 2. The highest BCUT2D eigenvalue weighted by molar-refractivity contribution is 9.09. The molecule has 2 rings (SSSR count). The molecule has 0 spiro atoms. The van der Waals surface area contributed by atoms with Crippen molar-refractivity contribution < 1.29 is 0 Å². The maximum Gasteiger partial charge on any atom is 0.270 e. The van der Waals surface area contributed by atoms with E-state index in [0.717, 1.165) is 18.2 Å². The summed E-state index contributed by atoms with van der Waals surface area (Å²) in [5, 5.41) is 0.893. The van der Waals surface area contributed by atoms with E-state index in [-0.39, 0.29) is 11.1 Å². The van der Waals surface area contributed by atoms with Crippen LogP contribution in [-0.2, 0) is 6.54 Å². The summed E-state index contributed by atoms with van der Waals surface area (Å²) >= 11 is 3.36. The molecule has 2 aromatic rings. The summed E-state index contributed by atoms with van der Waals surface area (Å²) in [7, 11) is 0. The lowest BCUT2D eigenvalue weighted by Gasteiger charge is -2.14. The third-order valence-corrected chi connectivity index (χ3v) is 3.39. The number of halogens is 1. The molecule has 5 heteroatoms. The molecule has 4 nitrogen and oxygen atoms in total. The van der Waals surface area contributed by atoms with Crippen LogP contribution in [0.25, 0.3) is 5.69 Å². The molecule has 19 heavy (non-hydrogen) atoms. The van der Waals surface area contributed by atoms with E-state index < -0.39 is 0 Å². The molecule has 0 saturated heterocycles. The van der Waals surface area contributed by atoms with E-state index in [1.807, 2.05) is 30.3 Å². The first-order chi connectivity index (χ1) is 9.24. The summed E-state index contributed by atoms with van der Waals surface area (Å²) in [4.78, 5) is 24.0. The van der Waals surface area contributed by atoms with E-state index in [9.17, 15) is 9.59 Å². The van der Waals surface area contributed by atoms with Crippen molar-refractivity contribution in [1.29, 1.82) is 0 Å². The SMILES string of the molecule is O=c1ccc(=O)n(-c2ccccc2)n1CCCCBr. The minimum absolute atomic E-state index is 0.155. The van der Waals surface area contributed by atoms with Gasteiger partial charge in [-0.25, -0.2) is 9.36 Å². The summed E-state index contributed by atoms with van der Waals surface area (Å²) in [5.74, 6) is 0. The number of unbranched alkanes of at least 4 members (excludes halogenated alkanes) is 1. The van der Waals surface area contributed by atoms with Gasteiger partial charge in [-0.1, -0.05) is 34.1 Å². The Morgan fingerprint density at radius 3 is 2.26 bits per heavy atom. The van der Waals surface area contributed by atoms with E-state index in [1.165, 1.54) is 21.5 Å². The summed E-state index contributed by atoms with van der Waals surface area (Å²) in [6, 6.07) is 11.9. The molecule has 1 aromatic carbocycles. The van der Waals surface area contributed by atoms with Crippen LogP contribution in [0.4, 0.5) is 0 Å². The Kier molecular flexibility index (Phi) is 4.74. The van der Waals surface area contributed by atoms with E-state index in [1.54, 1.807) is 0 Å². The van der Waals surface area contributed by atoms with Gasteiger partial charge in [0, 0.05) is 24.0 Å². The molecular formula is C14H15BrN2O2. The number of benzene rings is 1. The van der Waals surface area contributed by atoms with Crippen LogP contribution < -0.4 is 11.1 Å². The standard InChI is InChI=1S/C14H15BrN2O2/c15-10-4-5-11-16-13(18)8-9-14(19)17(16)12-6-2-1-3-7-12/h1-3,6-9H,4-5,10-11H2. The molecule has 0 atom stereocenters. The Bertz CT molecular complexity index is 646. The normalized spacial score (nSPS) is 10.6. The van der Waals surface area contributed by atoms with Gasteiger partial charge in [0.25, 0.3) is 11.1 Å². The smallest absolute Gasteiger partial charge is 0.268 e. The number of hydrogen-bond acceptors (Lipinski definition) is 2. The van der Waals surface area contributed by atoms with Gasteiger partial charge in [-0.15, -0.1) is 0 Å². The van der Waals surface area contributed by atoms with Crippen molar-refractivity contribution in [2.45, 2.75) is 19.4 Å². The number of aromatic nitrogens is 2. The summed E-state index contributed by atoms with van der Waals surface area (Å²) in [6.07, 6.45) is 1.81. The fourth-order valence-electron chi connectivity index (χ4n) is 1.92. The van der Waals surface area contributed by atoms with Crippen molar-refractivity contribution in [3.63, 3.8) is 0 Å². The maximum absolute atomic E-state index is 12.0. The number of hydrogen-bond donors (Lipinski definition) is 0. The summed E-state index contributed by atoms with van der Waals surface area (Å²) < 4.78 is 2.94. The average molecular weight is 323 g/mol. The average Bonchev–Trinajstić information content (AvgIpc) is 2.44. The van der Waals surface area contributed by atoms with Gasteiger partial charge in [0.05, 0.1) is 5.69 Å². The first kappa shape index (κ1) is 13.8. The second-order valence-corrected chi connectivity index (χ2v) is 4.97. The Hall–Kier alpha value is -1.62. The summed E-state index contributed by atoms with van der Waals surface area (Å²) in [5.41, 5.74) is 0.367. The highest BCUT2D eigenvalue weighted by Gasteiger charge is 2.06. The number of rotatable bonds is 5. The van der Waals surface area contributed by atoms with Gasteiger partial charge in [-0.3, -0.25) is 9.59 Å². The van der Waals surface area contributed by atoms with Gasteiger partial charge < -0.3 is 0 Å². The molecule has 0 aliphatic carbocycles. The lowest BCUT2D eigenvalue weighted by Crippen LogP contribution is -2.36. The van der Waals surface area contributed by atoms with Crippen molar-refractivity contribution in [2.75, 3.05) is 5.33 Å². The zero-order chi connectivity index (χ0) is 13.7. The zero-order valence-corrected chi connectivity index (χ0v) is 12.0. The van der Waals surface area contributed by atoms with Crippen molar-refractivity contribution in [3.05, 3.63) is 63.2 Å². The predicted octanol–water partition coefficient (Wildman–Crippen LogP) is 2.17. The van der Waals surface area contributed by atoms with Crippen molar-refractivity contribution in [2.24, 2.45) is 0 Å². The van der Waals surface area contributed by atoms with E-state index in [2.05, 4.69) is 15.9 Å².